The molecule has 102 valence electrons. The minimum absolute atomic E-state index is 0.106. The van der Waals surface area contributed by atoms with Crippen LogP contribution in [-0.4, -0.2) is 25.2 Å². The Kier molecular flexibility index (Phi) is 4.01. The van der Waals surface area contributed by atoms with Crippen LogP contribution in [0.15, 0.2) is 36.5 Å². The van der Waals surface area contributed by atoms with Crippen LogP contribution in [0.25, 0.3) is 10.9 Å². The van der Waals surface area contributed by atoms with Gasteiger partial charge in [-0.3, -0.25) is 9.71 Å². The number of anilines is 1. The number of hydrogen-bond donors (Lipinski definition) is 2. The second kappa shape index (κ2) is 5.54. The average Bonchev–Trinajstić information content (AvgIpc) is 2.40. The molecule has 0 aliphatic heterocycles. The molecule has 1 unspecified atom stereocenters. The molecule has 5 nitrogen and oxygen atoms in total. The molecule has 0 saturated heterocycles. The molecule has 1 atom stereocenters. The largest absolute Gasteiger partial charge is 0.329 e. The van der Waals surface area contributed by atoms with Crippen LogP contribution in [0.4, 0.5) is 5.69 Å². The third-order valence-electron chi connectivity index (χ3n) is 3.05. The lowest BCUT2D eigenvalue weighted by Crippen LogP contribution is -2.33. The molecule has 0 saturated carbocycles. The molecule has 0 bridgehead atoms. The Balaban J connectivity index is 2.41. The molecule has 0 amide bonds. The fraction of sp³-hybridized carbons (Fsp3) is 0.308. The number of fused-ring (bicyclic) bond motifs is 1. The van der Waals surface area contributed by atoms with Gasteiger partial charge in [0.05, 0.1) is 16.5 Å². The molecule has 6 heteroatoms. The van der Waals surface area contributed by atoms with Crippen molar-refractivity contribution in [2.45, 2.75) is 18.6 Å². The lowest BCUT2D eigenvalue weighted by molar-refractivity contribution is 0.581. The lowest BCUT2D eigenvalue weighted by atomic mass is 10.2. The molecule has 0 aliphatic carbocycles. The van der Waals surface area contributed by atoms with E-state index in [4.69, 9.17) is 5.73 Å². The molecule has 0 aliphatic rings. The van der Waals surface area contributed by atoms with Crippen molar-refractivity contribution in [2.75, 3.05) is 11.3 Å². The number of benzene rings is 1. The van der Waals surface area contributed by atoms with Crippen LogP contribution < -0.4 is 10.5 Å². The van der Waals surface area contributed by atoms with E-state index in [9.17, 15) is 8.42 Å². The van der Waals surface area contributed by atoms with Crippen LogP contribution in [0.1, 0.15) is 13.3 Å². The van der Waals surface area contributed by atoms with Gasteiger partial charge in [0, 0.05) is 18.1 Å². The second-order valence-corrected chi connectivity index (χ2v) is 6.25. The number of sulfonamides is 1. The molecular formula is C13H17N3O2S. The molecular weight excluding hydrogens is 262 g/mol. The molecule has 3 N–H and O–H groups in total. The number of hydrogen-bond acceptors (Lipinski definition) is 4. The van der Waals surface area contributed by atoms with Gasteiger partial charge in [-0.1, -0.05) is 13.0 Å². The molecule has 1 aromatic carbocycles. The molecule has 19 heavy (non-hydrogen) atoms. The zero-order chi connectivity index (χ0) is 13.9. The minimum atomic E-state index is -3.47. The SMILES string of the molecule is CCC(CN)S(=O)(=O)Nc1cccc2ncccc12. The molecule has 2 aromatic rings. The summed E-state index contributed by atoms with van der Waals surface area (Å²) in [4.78, 5) is 4.20. The summed E-state index contributed by atoms with van der Waals surface area (Å²) in [6.07, 6.45) is 2.16. The van der Waals surface area contributed by atoms with Gasteiger partial charge in [0.2, 0.25) is 10.0 Å². The van der Waals surface area contributed by atoms with E-state index >= 15 is 0 Å². The van der Waals surface area contributed by atoms with Crippen molar-refractivity contribution in [3.05, 3.63) is 36.5 Å². The van der Waals surface area contributed by atoms with Gasteiger partial charge in [0.15, 0.2) is 0 Å². The number of nitrogens with zero attached hydrogens (tertiary/aromatic N) is 1. The summed E-state index contributed by atoms with van der Waals surface area (Å²) < 4.78 is 27.0. The maximum Gasteiger partial charge on any atom is 0.236 e. The Hall–Kier alpha value is -1.66. The summed E-state index contributed by atoms with van der Waals surface area (Å²) in [5.41, 5.74) is 6.80. The number of pyridine rings is 1. The van der Waals surface area contributed by atoms with Crippen LogP contribution in [0.3, 0.4) is 0 Å². The Morgan fingerprint density at radius 1 is 1.32 bits per heavy atom. The van der Waals surface area contributed by atoms with Crippen molar-refractivity contribution in [3.63, 3.8) is 0 Å². The smallest absolute Gasteiger partial charge is 0.236 e. The van der Waals surface area contributed by atoms with Gasteiger partial charge in [-0.15, -0.1) is 0 Å². The maximum absolute atomic E-state index is 12.2. The molecule has 1 heterocycles. The third kappa shape index (κ3) is 2.85. The Labute approximate surface area is 112 Å². The van der Waals surface area contributed by atoms with Crippen LogP contribution >= 0.6 is 0 Å². The highest BCUT2D eigenvalue weighted by molar-refractivity contribution is 7.93. The van der Waals surface area contributed by atoms with Crippen molar-refractivity contribution in [1.29, 1.82) is 0 Å². The summed E-state index contributed by atoms with van der Waals surface area (Å²) in [5, 5.41) is 0.194. The normalized spacial score (nSPS) is 13.4. The quantitative estimate of drug-likeness (QED) is 0.872. The minimum Gasteiger partial charge on any atom is -0.329 e. The van der Waals surface area contributed by atoms with Gasteiger partial charge < -0.3 is 5.73 Å². The second-order valence-electron chi connectivity index (χ2n) is 4.29. The highest BCUT2D eigenvalue weighted by atomic mass is 32.2. The Morgan fingerprint density at radius 2 is 2.11 bits per heavy atom. The van der Waals surface area contributed by atoms with Gasteiger partial charge in [-0.2, -0.15) is 0 Å². The zero-order valence-electron chi connectivity index (χ0n) is 10.7. The summed E-state index contributed by atoms with van der Waals surface area (Å²) in [6, 6.07) is 8.96. The van der Waals surface area contributed by atoms with Crippen molar-refractivity contribution in [2.24, 2.45) is 5.73 Å². The van der Waals surface area contributed by atoms with Gasteiger partial charge in [0.1, 0.15) is 0 Å². The van der Waals surface area contributed by atoms with E-state index in [1.54, 1.807) is 31.3 Å². The third-order valence-corrected chi connectivity index (χ3v) is 4.96. The Morgan fingerprint density at radius 3 is 2.79 bits per heavy atom. The first-order chi connectivity index (χ1) is 9.08. The Bertz CT molecular complexity index is 661. The van der Waals surface area contributed by atoms with Crippen molar-refractivity contribution >= 4 is 26.6 Å². The van der Waals surface area contributed by atoms with Gasteiger partial charge >= 0.3 is 0 Å². The maximum atomic E-state index is 12.2. The first-order valence-electron chi connectivity index (χ1n) is 6.14. The summed E-state index contributed by atoms with van der Waals surface area (Å²) in [5.74, 6) is 0. The van der Waals surface area contributed by atoms with Crippen LogP contribution in [0.5, 0.6) is 0 Å². The van der Waals surface area contributed by atoms with E-state index in [0.29, 0.717) is 12.1 Å². The highest BCUT2D eigenvalue weighted by Gasteiger charge is 2.22. The summed E-state index contributed by atoms with van der Waals surface area (Å²) >= 11 is 0. The molecule has 0 fully saturated rings. The molecule has 1 aromatic heterocycles. The first-order valence-corrected chi connectivity index (χ1v) is 7.68. The number of nitrogens with one attached hydrogen (secondary N) is 1. The van der Waals surface area contributed by atoms with Crippen molar-refractivity contribution < 1.29 is 8.42 Å². The van der Waals surface area contributed by atoms with Crippen LogP contribution in [0, 0.1) is 0 Å². The number of nitrogens with two attached hydrogens (primary N) is 1. The fourth-order valence-electron chi connectivity index (χ4n) is 1.94. The molecule has 0 spiro atoms. The van der Waals surface area contributed by atoms with Gasteiger partial charge in [0.25, 0.3) is 0 Å². The van der Waals surface area contributed by atoms with E-state index in [1.165, 1.54) is 0 Å². The lowest BCUT2D eigenvalue weighted by Gasteiger charge is -2.16. The number of aromatic nitrogens is 1. The van der Waals surface area contributed by atoms with E-state index in [2.05, 4.69) is 9.71 Å². The van der Waals surface area contributed by atoms with E-state index in [-0.39, 0.29) is 6.54 Å². The highest BCUT2D eigenvalue weighted by Crippen LogP contribution is 2.23. The summed E-state index contributed by atoms with van der Waals surface area (Å²) in [6.45, 7) is 1.91. The monoisotopic (exact) mass is 279 g/mol. The topological polar surface area (TPSA) is 85.1 Å². The average molecular weight is 279 g/mol. The molecule has 0 radical (unpaired) electrons. The van der Waals surface area contributed by atoms with Crippen LogP contribution in [-0.2, 0) is 10.0 Å². The van der Waals surface area contributed by atoms with Crippen molar-refractivity contribution in [1.82, 2.24) is 4.98 Å². The molecule has 2 rings (SSSR count). The van der Waals surface area contributed by atoms with Crippen LogP contribution in [0.2, 0.25) is 0 Å². The van der Waals surface area contributed by atoms with Crippen molar-refractivity contribution in [3.8, 4) is 0 Å². The predicted octanol–water partition coefficient (Wildman–Crippen LogP) is 1.71. The fourth-order valence-corrected chi connectivity index (χ4v) is 3.29. The van der Waals surface area contributed by atoms with Gasteiger partial charge in [-0.25, -0.2) is 8.42 Å². The van der Waals surface area contributed by atoms with E-state index in [1.807, 2.05) is 12.1 Å². The standard InChI is InChI=1S/C13H17N3O2S/c1-2-10(9-14)19(17,18)16-13-7-3-6-12-11(13)5-4-8-15-12/h3-8,10,16H,2,9,14H2,1H3. The summed E-state index contributed by atoms with van der Waals surface area (Å²) in [7, 11) is -3.47. The van der Waals surface area contributed by atoms with E-state index < -0.39 is 15.3 Å². The predicted molar refractivity (Wildman–Crippen MR) is 77.4 cm³/mol. The zero-order valence-corrected chi connectivity index (χ0v) is 11.5. The van der Waals surface area contributed by atoms with E-state index in [0.717, 1.165) is 10.9 Å². The first kappa shape index (κ1) is 13.8. The van der Waals surface area contributed by atoms with Gasteiger partial charge in [-0.05, 0) is 30.7 Å². The number of rotatable bonds is 5.